The van der Waals surface area contributed by atoms with E-state index in [1.54, 1.807) is 74.6 Å². The molecule has 3 saturated heterocycles. The van der Waals surface area contributed by atoms with Gasteiger partial charge in [0.2, 0.25) is 59.1 Å². The summed E-state index contributed by atoms with van der Waals surface area (Å²) < 4.78 is 44.6. The molecular weight excluding hydrogens is 1630 g/mol. The van der Waals surface area contributed by atoms with E-state index in [2.05, 4.69) is 63.5 Å². The molecule has 18 N–H and O–H groups in total. The van der Waals surface area contributed by atoms with Crippen LogP contribution in [0.15, 0.2) is 60.8 Å². The lowest BCUT2D eigenvalue weighted by atomic mass is 9.94. The van der Waals surface area contributed by atoms with E-state index < -0.39 is 163 Å². The number of benzene rings is 2. The number of aliphatic carboxylic acids is 1. The van der Waals surface area contributed by atoms with Crippen LogP contribution in [0.5, 0.6) is 0 Å². The van der Waals surface area contributed by atoms with E-state index in [4.69, 9.17) is 43.6 Å². The Labute approximate surface area is 719 Å². The highest BCUT2D eigenvalue weighted by molar-refractivity contribution is 8.00. The Kier molecular flexibility index (Phi) is 47.7. The Morgan fingerprint density at radius 3 is 1.62 bits per heavy atom. The Hall–Kier alpha value is -9.33. The summed E-state index contributed by atoms with van der Waals surface area (Å²) >= 11 is 1.88. The van der Waals surface area contributed by atoms with Crippen molar-refractivity contribution in [1.82, 2.24) is 63.5 Å². The number of carboxylic acids is 1. The van der Waals surface area contributed by atoms with Gasteiger partial charge in [0.05, 0.1) is 148 Å². The molecule has 2 aromatic carbocycles. The molecule has 3 aromatic rings. The van der Waals surface area contributed by atoms with Crippen molar-refractivity contribution >= 4 is 105 Å². The van der Waals surface area contributed by atoms with Crippen molar-refractivity contribution in [3.8, 4) is 0 Å². The number of primary amides is 1. The minimum absolute atomic E-state index is 0.0570. The van der Waals surface area contributed by atoms with Gasteiger partial charge >= 0.3 is 12.0 Å². The number of carboxylic acid groups (broad SMARTS) is 1. The molecule has 14 atom stereocenters. The van der Waals surface area contributed by atoms with Crippen LogP contribution in [-0.4, -0.2) is 311 Å². The summed E-state index contributed by atoms with van der Waals surface area (Å²) in [6.45, 7) is 9.35. The van der Waals surface area contributed by atoms with Gasteiger partial charge in [-0.1, -0.05) is 68.8 Å². The second kappa shape index (κ2) is 57.2. The predicted molar refractivity (Wildman–Crippen MR) is 448 cm³/mol. The number of ether oxygens (including phenoxy) is 8. The number of urea groups is 1. The SMILES string of the molecule is CC(C)C[C@@H]1NC(=O)[C@H](CCC(N)=O)NC(=O)[C@H](Cc2ccccc2)NC(=O)[C@H](Cc2c[nH]c3ccccc23)NC(=O)[C@H]([C@@H](C)O)NC(=O)[C@H]([C@@H](C)O)NC(=O)[C@H](CC(=O)O)NC(=O)[C@H](CO)CC(=O)[C@@H](NC(=O)CCOCCOCCOCCOCCOCCOCCOCCOCCCC(=O)CCCC[C@@H]2SC[C@@H]3NC(=O)N[C@@H]32)CCCCNC1=O. The van der Waals surface area contributed by atoms with Crippen molar-refractivity contribution in [2.45, 2.75) is 215 Å². The van der Waals surface area contributed by atoms with E-state index in [1.807, 2.05) is 11.8 Å². The number of rotatable bonds is 48. The Balaban J connectivity index is 0.986. The fourth-order valence-corrected chi connectivity index (χ4v) is 15.3. The first kappa shape index (κ1) is 102. The first-order valence-corrected chi connectivity index (χ1v) is 43.3. The Morgan fingerprint density at radius 1 is 0.520 bits per heavy atom. The fraction of sp³-hybridized carbons (Fsp3) is 0.663. The van der Waals surface area contributed by atoms with E-state index in [9.17, 15) is 87.5 Å². The molecule has 4 heterocycles. The number of H-pyrrole nitrogens is 1. The number of thioether (sulfide) groups is 1. The smallest absolute Gasteiger partial charge is 0.315 e. The van der Waals surface area contributed by atoms with E-state index >= 15 is 0 Å². The maximum atomic E-state index is 14.9. The molecule has 0 radical (unpaired) electrons. The van der Waals surface area contributed by atoms with E-state index in [0.717, 1.165) is 38.9 Å². The van der Waals surface area contributed by atoms with Crippen LogP contribution in [0, 0.1) is 11.8 Å². The molecule has 123 heavy (non-hydrogen) atoms. The molecular formula is C83H127N13O26S. The minimum Gasteiger partial charge on any atom is -0.481 e. The number of aliphatic hydroxyl groups excluding tert-OH is 3. The second-order valence-corrected chi connectivity index (χ2v) is 32.1. The summed E-state index contributed by atoms with van der Waals surface area (Å²) in [5.41, 5.74) is 7.18. The lowest BCUT2D eigenvalue weighted by Crippen LogP contribution is -2.63. The zero-order valence-electron chi connectivity index (χ0n) is 70.6. The summed E-state index contributed by atoms with van der Waals surface area (Å²) in [4.78, 5) is 195. The number of amides is 12. The molecule has 686 valence electrons. The average Bonchev–Trinajstić information content (AvgIpc) is 1.68. The van der Waals surface area contributed by atoms with Gasteiger partial charge in [0.15, 0.2) is 5.78 Å². The molecule has 1 aromatic heterocycles. The van der Waals surface area contributed by atoms with E-state index in [0.29, 0.717) is 119 Å². The number of para-hydroxylation sites is 1. The second-order valence-electron chi connectivity index (χ2n) is 30.9. The molecule has 3 fully saturated rings. The highest BCUT2D eigenvalue weighted by atomic mass is 32.2. The Morgan fingerprint density at radius 2 is 1.03 bits per heavy atom. The summed E-state index contributed by atoms with van der Waals surface area (Å²) in [7, 11) is 0. The predicted octanol–water partition coefficient (Wildman–Crippen LogP) is -1.15. The third-order valence-electron chi connectivity index (χ3n) is 20.4. The highest BCUT2D eigenvalue weighted by Crippen LogP contribution is 2.33. The van der Waals surface area contributed by atoms with Gasteiger partial charge in [0.25, 0.3) is 0 Å². The minimum atomic E-state index is -2.06. The monoisotopic (exact) mass is 1750 g/mol. The van der Waals surface area contributed by atoms with Gasteiger partial charge in [-0.3, -0.25) is 62.3 Å². The summed E-state index contributed by atoms with van der Waals surface area (Å²) in [6, 6.07) is 2.17. The molecule has 0 bridgehead atoms. The van der Waals surface area contributed by atoms with Gasteiger partial charge in [-0.15, -0.1) is 0 Å². The maximum absolute atomic E-state index is 14.9. The van der Waals surface area contributed by atoms with Crippen LogP contribution in [0.25, 0.3) is 10.9 Å². The van der Waals surface area contributed by atoms with Crippen LogP contribution in [-0.2, 0) is 113 Å². The van der Waals surface area contributed by atoms with Crippen molar-refractivity contribution in [2.75, 3.05) is 125 Å². The number of aromatic nitrogens is 1. The highest BCUT2D eigenvalue weighted by Gasteiger charge is 2.43. The van der Waals surface area contributed by atoms with Gasteiger partial charge in [0.1, 0.15) is 48.1 Å². The number of nitrogens with one attached hydrogen (secondary N) is 12. The third kappa shape index (κ3) is 39.2. The molecule has 40 heteroatoms. The first-order chi connectivity index (χ1) is 59.1. The number of fused-ring (bicyclic) bond motifs is 2. The number of carbonyl (C=O) groups is 14. The largest absolute Gasteiger partial charge is 0.481 e. The fourth-order valence-electron chi connectivity index (χ4n) is 13.7. The normalized spacial score (nSPS) is 23.3. The number of ketones is 2. The lowest BCUT2D eigenvalue weighted by molar-refractivity contribution is -0.142. The molecule has 0 aliphatic carbocycles. The molecule has 6 rings (SSSR count). The number of nitrogens with two attached hydrogens (primary N) is 1. The van der Waals surface area contributed by atoms with Gasteiger partial charge < -0.3 is 128 Å². The van der Waals surface area contributed by atoms with Crippen LogP contribution in [0.3, 0.4) is 0 Å². The standard InChI is InChI=1S/C83H127N13O26S/c1-51(2)43-62-76(107)85-26-13-12-21-60(87-70(103)25-28-116-30-32-118-34-36-120-38-40-122-42-41-121-39-37-119-35-33-117-31-29-115-27-14-18-57(100)17-8-11-22-68-74-66(50-123-68)93-83(114)96-74)67(101)46-56(49-97)75(106)89-65(47-71(104)105)80(111)94-73(53(4)99)82(113)95-72(52(3)98)81(112)92-64(45-55-48-86-59-20-10-9-19-58(55)59)79(110)91-63(44-54-15-6-5-7-16-54)78(109)88-61(77(108)90-62)23-24-69(84)102/h5-7,9-10,15-16,19-20,48,51-53,56,60-66,68,72-74,86,97-99H,8,11-14,17-18,21-47,49-50H2,1-4H3,(H2,84,102)(H,85,107)(H,87,103)(H,88,109)(H,89,106)(H,90,108)(H,91,110)(H,92,112)(H,94,111)(H,95,113)(H,104,105)(H2,93,96,114)/t52-,53-,56+,60+,61+,62+,63+,64+,65+,66+,68+,72+,73+,74+/m1/s1. The quantitative estimate of drug-likeness (QED) is 0.0234. The molecule has 3 aliphatic heterocycles. The van der Waals surface area contributed by atoms with E-state index in [1.165, 1.54) is 0 Å². The van der Waals surface area contributed by atoms with Crippen molar-refractivity contribution in [3.05, 3.63) is 71.9 Å². The topological polar surface area (TPSA) is 568 Å². The van der Waals surface area contributed by atoms with Crippen molar-refractivity contribution in [3.63, 3.8) is 0 Å². The van der Waals surface area contributed by atoms with E-state index in [-0.39, 0.29) is 121 Å². The van der Waals surface area contributed by atoms with Gasteiger partial charge in [-0.25, -0.2) is 4.79 Å². The number of aliphatic hydroxyl groups is 3. The number of hydrogen-bond donors (Lipinski definition) is 17. The Bertz CT molecular complexity index is 3820. The molecule has 39 nitrogen and oxygen atoms in total. The molecule has 0 spiro atoms. The van der Waals surface area contributed by atoms with Crippen LogP contribution in [0.2, 0.25) is 0 Å². The lowest BCUT2D eigenvalue weighted by Gasteiger charge is -2.29. The molecule has 0 saturated carbocycles. The molecule has 0 unspecified atom stereocenters. The molecule has 3 aliphatic rings. The number of aromatic amines is 1. The van der Waals surface area contributed by atoms with Gasteiger partial charge in [-0.2, -0.15) is 11.8 Å². The maximum Gasteiger partial charge on any atom is 0.315 e. The molecule has 12 amide bonds. The third-order valence-corrected chi connectivity index (χ3v) is 21.9. The van der Waals surface area contributed by atoms with Gasteiger partial charge in [-0.05, 0) is 88.3 Å². The number of unbranched alkanes of at least 4 members (excludes halogenated alkanes) is 1. The summed E-state index contributed by atoms with van der Waals surface area (Å²) in [6.07, 6.45) is -0.861. The van der Waals surface area contributed by atoms with Gasteiger partial charge in [0, 0.05) is 86.2 Å². The number of Topliss-reactive ketones (excluding diaryl/α,β-unsaturated/α-hetero) is 2. The summed E-state index contributed by atoms with van der Waals surface area (Å²) in [5, 5.41) is 72.3. The van der Waals surface area contributed by atoms with Crippen molar-refractivity contribution in [2.24, 2.45) is 17.6 Å². The average molecular weight is 1760 g/mol. The van der Waals surface area contributed by atoms with Crippen LogP contribution < -0.4 is 64.2 Å². The zero-order valence-corrected chi connectivity index (χ0v) is 71.5. The van der Waals surface area contributed by atoms with Crippen LogP contribution in [0.1, 0.15) is 135 Å². The van der Waals surface area contributed by atoms with Crippen molar-refractivity contribution < 1.29 is 125 Å². The zero-order chi connectivity index (χ0) is 89.4. The van der Waals surface area contributed by atoms with Crippen LogP contribution >= 0.6 is 11.8 Å². The number of carbonyl (C=O) groups excluding carboxylic acids is 13. The van der Waals surface area contributed by atoms with Crippen LogP contribution in [0.4, 0.5) is 4.79 Å². The number of hydrogen-bond acceptors (Lipinski definition) is 26. The van der Waals surface area contributed by atoms with Crippen molar-refractivity contribution in [1.29, 1.82) is 0 Å². The summed E-state index contributed by atoms with van der Waals surface area (Å²) in [5.74, 6) is -13.4. The first-order valence-electron chi connectivity index (χ1n) is 42.2.